The van der Waals surface area contributed by atoms with Crippen molar-refractivity contribution in [3.8, 4) is 0 Å². The van der Waals surface area contributed by atoms with Crippen LogP contribution in [-0.4, -0.2) is 6.08 Å². The summed E-state index contributed by atoms with van der Waals surface area (Å²) in [7, 11) is 0. The highest BCUT2D eigenvalue weighted by molar-refractivity contribution is 9.10. The molecule has 0 bridgehead atoms. The Morgan fingerprint density at radius 2 is 1.83 bits per heavy atom. The van der Waals surface area contributed by atoms with Gasteiger partial charge in [-0.15, -0.1) is 0 Å². The molecule has 2 nitrogen and oxygen atoms in total. The lowest BCUT2D eigenvalue weighted by atomic mass is 10.3. The predicted molar refractivity (Wildman–Crippen MR) is 41.8 cm³/mol. The Balaban J connectivity index is 3.30. The number of rotatable bonds is 1. The molecule has 0 saturated carbocycles. The van der Waals surface area contributed by atoms with Crippen molar-refractivity contribution in [3.63, 3.8) is 0 Å². The Bertz CT molecular complexity index is 337. The second-order valence-electron chi connectivity index (χ2n) is 1.93. The van der Waals surface area contributed by atoms with E-state index in [1.165, 1.54) is 6.08 Å². The molecule has 0 fully saturated rings. The lowest BCUT2D eigenvalue weighted by molar-refractivity contribution is 0.564. The van der Waals surface area contributed by atoms with Crippen molar-refractivity contribution < 1.29 is 13.6 Å². The van der Waals surface area contributed by atoms with E-state index in [1.54, 1.807) is 0 Å². The maximum absolute atomic E-state index is 12.7. The van der Waals surface area contributed by atoms with Crippen molar-refractivity contribution in [1.82, 2.24) is 0 Å². The predicted octanol–water partition coefficient (Wildman–Crippen LogP) is 2.69. The number of hydrogen-bond acceptors (Lipinski definition) is 2. The topological polar surface area (TPSA) is 29.4 Å². The minimum absolute atomic E-state index is 0.0943. The van der Waals surface area contributed by atoms with E-state index in [-0.39, 0.29) is 10.2 Å². The van der Waals surface area contributed by atoms with Crippen molar-refractivity contribution >= 4 is 27.7 Å². The summed E-state index contributed by atoms with van der Waals surface area (Å²) in [5, 5.41) is 0. The molecule has 0 radical (unpaired) electrons. The van der Waals surface area contributed by atoms with Gasteiger partial charge in [-0.25, -0.2) is 13.6 Å². The number of aliphatic imine (C=N–C) groups is 1. The summed E-state index contributed by atoms with van der Waals surface area (Å²) < 4.78 is 25.1. The summed E-state index contributed by atoms with van der Waals surface area (Å²) in [6, 6.07) is 1.86. The molecular weight excluding hydrogens is 232 g/mol. The van der Waals surface area contributed by atoms with Crippen molar-refractivity contribution in [2.45, 2.75) is 0 Å². The molecule has 0 heterocycles. The molecule has 0 aliphatic heterocycles. The van der Waals surface area contributed by atoms with E-state index in [2.05, 4.69) is 20.9 Å². The maximum Gasteiger partial charge on any atom is 0.240 e. The zero-order chi connectivity index (χ0) is 9.14. The van der Waals surface area contributed by atoms with Crippen molar-refractivity contribution in [1.29, 1.82) is 0 Å². The summed E-state index contributed by atoms with van der Waals surface area (Å²) in [4.78, 5) is 12.8. The van der Waals surface area contributed by atoms with Gasteiger partial charge in [0.1, 0.15) is 11.6 Å². The number of nitrogens with zero attached hydrogens (tertiary/aromatic N) is 1. The van der Waals surface area contributed by atoms with Gasteiger partial charge >= 0.3 is 0 Å². The van der Waals surface area contributed by atoms with Crippen molar-refractivity contribution in [2.75, 3.05) is 0 Å². The maximum atomic E-state index is 12.7. The van der Waals surface area contributed by atoms with Crippen LogP contribution in [0.1, 0.15) is 0 Å². The molecule has 0 spiro atoms. The van der Waals surface area contributed by atoms with E-state index in [0.717, 1.165) is 12.1 Å². The second-order valence-corrected chi connectivity index (χ2v) is 2.72. The van der Waals surface area contributed by atoms with Gasteiger partial charge in [0.2, 0.25) is 6.08 Å². The van der Waals surface area contributed by atoms with Crippen LogP contribution < -0.4 is 0 Å². The van der Waals surface area contributed by atoms with Crippen molar-refractivity contribution in [2.24, 2.45) is 4.99 Å². The van der Waals surface area contributed by atoms with Crippen LogP contribution in [0.5, 0.6) is 0 Å². The van der Waals surface area contributed by atoms with Gasteiger partial charge in [0.25, 0.3) is 0 Å². The summed E-state index contributed by atoms with van der Waals surface area (Å²) in [5.41, 5.74) is -0.0943. The number of hydrogen-bond donors (Lipinski definition) is 0. The first kappa shape index (κ1) is 9.03. The van der Waals surface area contributed by atoms with Crippen LogP contribution in [0, 0.1) is 11.6 Å². The van der Waals surface area contributed by atoms with E-state index < -0.39 is 11.6 Å². The third-order valence-corrected chi connectivity index (χ3v) is 1.90. The molecule has 0 unspecified atom stereocenters. The summed E-state index contributed by atoms with van der Waals surface area (Å²) >= 11 is 2.67. The zero-order valence-corrected chi connectivity index (χ0v) is 7.23. The van der Waals surface area contributed by atoms with Gasteiger partial charge in [-0.2, -0.15) is 4.99 Å². The van der Waals surface area contributed by atoms with E-state index in [0.29, 0.717) is 0 Å². The molecule has 5 heteroatoms. The van der Waals surface area contributed by atoms with E-state index in [1.807, 2.05) is 0 Å². The third-order valence-electron chi connectivity index (χ3n) is 1.14. The Hall–Kier alpha value is -1.06. The Kier molecular flexibility index (Phi) is 2.68. The highest BCUT2D eigenvalue weighted by atomic mass is 79.9. The Labute approximate surface area is 75.1 Å². The monoisotopic (exact) mass is 233 g/mol. The molecule has 0 aromatic heterocycles. The zero-order valence-electron chi connectivity index (χ0n) is 5.64. The fourth-order valence-corrected chi connectivity index (χ4v) is 0.888. The smallest absolute Gasteiger partial charge is 0.211 e. The lowest BCUT2D eigenvalue weighted by Gasteiger charge is -1.96. The van der Waals surface area contributed by atoms with E-state index in [4.69, 9.17) is 0 Å². The summed E-state index contributed by atoms with van der Waals surface area (Å²) in [6.07, 6.45) is 1.18. The quantitative estimate of drug-likeness (QED) is 0.417. The highest BCUT2D eigenvalue weighted by Crippen LogP contribution is 2.24. The molecule has 0 aliphatic carbocycles. The minimum atomic E-state index is -0.802. The first-order chi connectivity index (χ1) is 5.65. The first-order valence-electron chi connectivity index (χ1n) is 2.87. The molecular formula is C7H2BrF2NO. The standard InChI is InChI=1S/C7H2BrF2NO/c8-7-5(9)1-4(11-3-12)2-6(7)10/h1-2H. The van der Waals surface area contributed by atoms with Gasteiger partial charge in [0.15, 0.2) is 0 Å². The number of benzene rings is 1. The van der Waals surface area contributed by atoms with Crippen LogP contribution in [0.25, 0.3) is 0 Å². The fraction of sp³-hybridized carbons (Fsp3) is 0. The molecule has 1 aromatic rings. The Morgan fingerprint density at radius 1 is 1.33 bits per heavy atom. The average Bonchev–Trinajstić information content (AvgIpc) is 2.01. The molecule has 0 saturated heterocycles. The van der Waals surface area contributed by atoms with Crippen LogP contribution in [0.4, 0.5) is 14.5 Å². The van der Waals surface area contributed by atoms with E-state index >= 15 is 0 Å². The summed E-state index contributed by atoms with van der Waals surface area (Å²) in [6.45, 7) is 0. The number of carbonyl (C=O) groups excluding carboxylic acids is 1. The second kappa shape index (κ2) is 3.56. The molecule has 0 N–H and O–H groups in total. The SMILES string of the molecule is O=C=Nc1cc(F)c(Br)c(F)c1. The van der Waals surface area contributed by atoms with Crippen LogP contribution in [-0.2, 0) is 4.79 Å². The van der Waals surface area contributed by atoms with Gasteiger partial charge in [-0.1, -0.05) is 0 Å². The molecule has 0 aliphatic rings. The van der Waals surface area contributed by atoms with Gasteiger partial charge in [0, 0.05) is 12.1 Å². The largest absolute Gasteiger partial charge is 0.240 e. The van der Waals surface area contributed by atoms with E-state index in [9.17, 15) is 13.6 Å². The minimum Gasteiger partial charge on any atom is -0.211 e. The van der Waals surface area contributed by atoms with Crippen LogP contribution in [0.3, 0.4) is 0 Å². The van der Waals surface area contributed by atoms with Gasteiger partial charge in [-0.05, 0) is 15.9 Å². The lowest BCUT2D eigenvalue weighted by Crippen LogP contribution is -1.82. The molecule has 62 valence electrons. The van der Waals surface area contributed by atoms with Crippen molar-refractivity contribution in [3.05, 3.63) is 28.2 Å². The van der Waals surface area contributed by atoms with Gasteiger partial charge in [-0.3, -0.25) is 0 Å². The highest BCUT2D eigenvalue weighted by Gasteiger charge is 2.07. The first-order valence-corrected chi connectivity index (χ1v) is 3.67. The van der Waals surface area contributed by atoms with Gasteiger partial charge in [0.05, 0.1) is 10.2 Å². The Morgan fingerprint density at radius 3 is 2.25 bits per heavy atom. The molecule has 1 rings (SSSR count). The molecule has 12 heavy (non-hydrogen) atoms. The van der Waals surface area contributed by atoms with Crippen LogP contribution in [0.2, 0.25) is 0 Å². The summed E-state index contributed by atoms with van der Waals surface area (Å²) in [5.74, 6) is -1.60. The number of halogens is 3. The normalized spacial score (nSPS) is 9.25. The van der Waals surface area contributed by atoms with Crippen LogP contribution in [0.15, 0.2) is 21.6 Å². The van der Waals surface area contributed by atoms with Crippen LogP contribution >= 0.6 is 15.9 Å². The average molecular weight is 234 g/mol. The molecule has 1 aromatic carbocycles. The third kappa shape index (κ3) is 1.75. The number of isocyanates is 1. The molecule has 0 atom stereocenters. The molecule has 0 amide bonds. The fourth-order valence-electron chi connectivity index (χ4n) is 0.659. The van der Waals surface area contributed by atoms with Gasteiger partial charge < -0.3 is 0 Å².